The molecule has 0 spiro atoms. The maximum Gasteiger partial charge on any atom is 0.256 e. The van der Waals surface area contributed by atoms with Crippen molar-refractivity contribution in [1.29, 1.82) is 0 Å². The molecule has 5 heteroatoms. The van der Waals surface area contributed by atoms with E-state index < -0.39 is 0 Å². The van der Waals surface area contributed by atoms with Crippen LogP contribution in [0.3, 0.4) is 0 Å². The largest absolute Gasteiger partial charge is 0.383 e. The number of nitrogens with zero attached hydrogens (tertiary/aromatic N) is 1. The summed E-state index contributed by atoms with van der Waals surface area (Å²) in [6, 6.07) is 0. The summed E-state index contributed by atoms with van der Waals surface area (Å²) < 4.78 is 0. The van der Waals surface area contributed by atoms with E-state index in [1.165, 1.54) is 0 Å². The fraction of sp³-hybridized carbons (Fsp3) is 0.556. The number of anilines is 1. The average molecular weight is 216 g/mol. The van der Waals surface area contributed by atoms with Crippen LogP contribution in [0.2, 0.25) is 0 Å². The highest BCUT2D eigenvalue weighted by Crippen LogP contribution is 2.19. The lowest BCUT2D eigenvalue weighted by atomic mass is 10.1. The molecule has 0 fully saturated rings. The normalized spacial score (nSPS) is 13.2. The Labute approximate surface area is 87.5 Å². The van der Waals surface area contributed by atoms with Crippen molar-refractivity contribution >= 4 is 17.4 Å². The molecule has 78 valence electrons. The van der Waals surface area contributed by atoms with E-state index in [-0.39, 0.29) is 22.7 Å². The van der Waals surface area contributed by atoms with Gasteiger partial charge in [0.25, 0.3) is 5.56 Å². The van der Waals surface area contributed by atoms with Gasteiger partial charge in [-0.05, 0) is 12.8 Å². The van der Waals surface area contributed by atoms with E-state index in [2.05, 4.69) is 9.97 Å². The highest BCUT2D eigenvalue weighted by atomic mass is 35.5. The number of H-pyrrole nitrogens is 1. The lowest BCUT2D eigenvalue weighted by Gasteiger charge is -2.09. The lowest BCUT2D eigenvalue weighted by molar-refractivity contribution is 0.807. The molecule has 1 atom stereocenters. The van der Waals surface area contributed by atoms with E-state index in [4.69, 9.17) is 17.3 Å². The summed E-state index contributed by atoms with van der Waals surface area (Å²) in [6.07, 6.45) is 0. The summed E-state index contributed by atoms with van der Waals surface area (Å²) in [5.41, 5.74) is 5.99. The molecule has 0 aliphatic rings. The van der Waals surface area contributed by atoms with Crippen LogP contribution < -0.4 is 11.3 Å². The molecule has 0 saturated carbocycles. The van der Waals surface area contributed by atoms with Gasteiger partial charge in [-0.2, -0.15) is 0 Å². The Morgan fingerprint density at radius 1 is 1.43 bits per heavy atom. The highest BCUT2D eigenvalue weighted by Gasteiger charge is 2.14. The Kier molecular flexibility index (Phi) is 3.16. The van der Waals surface area contributed by atoms with E-state index in [0.29, 0.717) is 11.4 Å². The number of rotatable bonds is 2. The van der Waals surface area contributed by atoms with Gasteiger partial charge in [0, 0.05) is 0 Å². The molecule has 0 aliphatic carbocycles. The monoisotopic (exact) mass is 215 g/mol. The first kappa shape index (κ1) is 11.0. The highest BCUT2D eigenvalue weighted by molar-refractivity contribution is 6.20. The van der Waals surface area contributed by atoms with Crippen molar-refractivity contribution in [3.63, 3.8) is 0 Å². The molecule has 1 rings (SSSR count). The van der Waals surface area contributed by atoms with E-state index in [9.17, 15) is 4.79 Å². The lowest BCUT2D eigenvalue weighted by Crippen LogP contribution is -2.20. The van der Waals surface area contributed by atoms with Crippen molar-refractivity contribution in [2.24, 2.45) is 0 Å². The first-order valence-corrected chi connectivity index (χ1v) is 4.90. The van der Waals surface area contributed by atoms with Crippen molar-refractivity contribution in [2.45, 2.75) is 32.1 Å². The first-order chi connectivity index (χ1) is 6.43. The third-order valence-corrected chi connectivity index (χ3v) is 2.16. The van der Waals surface area contributed by atoms with Crippen LogP contribution in [-0.4, -0.2) is 9.97 Å². The second kappa shape index (κ2) is 4.00. The zero-order valence-electron chi connectivity index (χ0n) is 8.47. The van der Waals surface area contributed by atoms with Gasteiger partial charge >= 0.3 is 0 Å². The zero-order chi connectivity index (χ0) is 10.9. The molecular weight excluding hydrogens is 202 g/mol. The van der Waals surface area contributed by atoms with Crippen LogP contribution in [0.1, 0.15) is 43.5 Å². The fourth-order valence-electron chi connectivity index (χ4n) is 1.26. The summed E-state index contributed by atoms with van der Waals surface area (Å²) in [7, 11) is 0. The van der Waals surface area contributed by atoms with Gasteiger partial charge in [-0.1, -0.05) is 13.8 Å². The number of nitrogens with one attached hydrogen (secondary N) is 1. The second-order valence-electron chi connectivity index (χ2n) is 3.52. The molecule has 1 heterocycles. The van der Waals surface area contributed by atoms with Crippen molar-refractivity contribution in [2.75, 3.05) is 5.73 Å². The molecule has 1 aromatic rings. The van der Waals surface area contributed by atoms with Crippen LogP contribution >= 0.6 is 11.6 Å². The van der Waals surface area contributed by atoms with Gasteiger partial charge in [-0.15, -0.1) is 11.6 Å². The number of hydrogen-bond acceptors (Lipinski definition) is 3. The number of hydrogen-bond donors (Lipinski definition) is 2. The van der Waals surface area contributed by atoms with Gasteiger partial charge < -0.3 is 10.7 Å². The number of aromatic amines is 1. The Morgan fingerprint density at radius 3 is 2.36 bits per heavy atom. The van der Waals surface area contributed by atoms with E-state index in [0.717, 1.165) is 0 Å². The van der Waals surface area contributed by atoms with Crippen LogP contribution in [0, 0.1) is 0 Å². The fourth-order valence-corrected chi connectivity index (χ4v) is 1.37. The summed E-state index contributed by atoms with van der Waals surface area (Å²) >= 11 is 5.79. The van der Waals surface area contributed by atoms with Gasteiger partial charge in [0.1, 0.15) is 11.6 Å². The van der Waals surface area contributed by atoms with Gasteiger partial charge in [-0.3, -0.25) is 4.79 Å². The van der Waals surface area contributed by atoms with Crippen molar-refractivity contribution in [3.05, 3.63) is 21.7 Å². The number of alkyl halides is 1. The molecular formula is C9H14ClN3O. The predicted octanol–water partition coefficient (Wildman–Crippen LogP) is 1.78. The number of nitrogen functional groups attached to an aromatic ring is 1. The molecule has 0 aromatic carbocycles. The molecule has 0 radical (unpaired) electrons. The predicted molar refractivity (Wildman–Crippen MR) is 57.6 cm³/mol. The Bertz CT molecular complexity index is 384. The summed E-state index contributed by atoms with van der Waals surface area (Å²) in [5.74, 6) is 0.746. The molecule has 0 amide bonds. The number of nitrogens with two attached hydrogens (primary N) is 1. The first-order valence-electron chi connectivity index (χ1n) is 4.47. The molecule has 4 nitrogen and oxygen atoms in total. The minimum absolute atomic E-state index is 0.0610. The van der Waals surface area contributed by atoms with Crippen LogP contribution in [-0.2, 0) is 0 Å². The van der Waals surface area contributed by atoms with Crippen molar-refractivity contribution in [3.8, 4) is 0 Å². The van der Waals surface area contributed by atoms with Gasteiger partial charge in [0.05, 0.1) is 10.9 Å². The maximum atomic E-state index is 11.6. The maximum absolute atomic E-state index is 11.6. The van der Waals surface area contributed by atoms with Gasteiger partial charge in [0.2, 0.25) is 0 Å². The van der Waals surface area contributed by atoms with Gasteiger partial charge in [0.15, 0.2) is 0 Å². The van der Waals surface area contributed by atoms with Crippen molar-refractivity contribution in [1.82, 2.24) is 9.97 Å². The molecule has 14 heavy (non-hydrogen) atoms. The molecule has 0 aliphatic heterocycles. The Morgan fingerprint density at radius 2 is 2.00 bits per heavy atom. The third kappa shape index (κ3) is 2.07. The topological polar surface area (TPSA) is 71.8 Å². The van der Waals surface area contributed by atoms with E-state index >= 15 is 0 Å². The molecule has 0 saturated heterocycles. The minimum atomic E-state index is -0.341. The third-order valence-electron chi connectivity index (χ3n) is 1.96. The molecule has 1 unspecified atom stereocenters. The average Bonchev–Trinajstić information content (AvgIpc) is 2.01. The Hall–Kier alpha value is -1.03. The van der Waals surface area contributed by atoms with Crippen LogP contribution in [0.5, 0.6) is 0 Å². The molecule has 0 bridgehead atoms. The SMILES string of the molecule is CC(C)c1c(N)nc(C(C)Cl)[nH]c1=O. The molecule has 3 N–H and O–H groups in total. The van der Waals surface area contributed by atoms with Crippen LogP contribution in [0.15, 0.2) is 4.79 Å². The quantitative estimate of drug-likeness (QED) is 0.739. The van der Waals surface area contributed by atoms with Crippen LogP contribution in [0.4, 0.5) is 5.82 Å². The number of aromatic nitrogens is 2. The summed E-state index contributed by atoms with van der Waals surface area (Å²) in [4.78, 5) is 18.2. The second-order valence-corrected chi connectivity index (χ2v) is 4.18. The van der Waals surface area contributed by atoms with E-state index in [1.54, 1.807) is 6.92 Å². The smallest absolute Gasteiger partial charge is 0.256 e. The molecule has 1 aromatic heterocycles. The zero-order valence-corrected chi connectivity index (χ0v) is 9.22. The summed E-state index contributed by atoms with van der Waals surface area (Å²) in [6.45, 7) is 5.52. The Balaban J connectivity index is 3.33. The van der Waals surface area contributed by atoms with E-state index in [1.807, 2.05) is 13.8 Å². The standard InChI is InChI=1S/C9H14ClN3O/c1-4(2)6-7(11)12-8(5(3)10)13-9(6)14/h4-5H,1-3H3,(H3,11,12,13,14). The van der Waals surface area contributed by atoms with Gasteiger partial charge in [-0.25, -0.2) is 4.98 Å². The van der Waals surface area contributed by atoms with Crippen molar-refractivity contribution < 1.29 is 0 Å². The minimum Gasteiger partial charge on any atom is -0.383 e. The van der Waals surface area contributed by atoms with Crippen LogP contribution in [0.25, 0.3) is 0 Å². The number of halogens is 1. The summed E-state index contributed by atoms with van der Waals surface area (Å²) in [5, 5.41) is -0.341.